The van der Waals surface area contributed by atoms with Crippen molar-refractivity contribution in [2.24, 2.45) is 0 Å². The molecule has 0 aliphatic carbocycles. The van der Waals surface area contributed by atoms with E-state index in [1.54, 1.807) is 12.1 Å². The number of anilines is 1. The van der Waals surface area contributed by atoms with Crippen molar-refractivity contribution in [3.63, 3.8) is 0 Å². The van der Waals surface area contributed by atoms with Gasteiger partial charge in [-0.2, -0.15) is 4.31 Å². The molecule has 0 aromatic heterocycles. The molecule has 0 radical (unpaired) electrons. The first kappa shape index (κ1) is 21.1. The number of nitrogens with one attached hydrogen (secondary N) is 1. The number of hydrogen-bond donors (Lipinski definition) is 1. The van der Waals surface area contributed by atoms with E-state index in [1.165, 1.54) is 23.5 Å². The summed E-state index contributed by atoms with van der Waals surface area (Å²) in [6, 6.07) is 12.0. The van der Waals surface area contributed by atoms with Crippen LogP contribution in [0.25, 0.3) is 0 Å². The summed E-state index contributed by atoms with van der Waals surface area (Å²) in [6.07, 6.45) is 1.61. The minimum Gasteiger partial charge on any atom is -0.321 e. The molecular formula is C21H28N2O3S. The molecule has 0 atom stereocenters. The van der Waals surface area contributed by atoms with Crippen LogP contribution >= 0.6 is 0 Å². The first-order valence-corrected chi connectivity index (χ1v) is 10.7. The molecule has 5 nitrogen and oxygen atoms in total. The Bertz CT molecular complexity index is 899. The number of amides is 1. The lowest BCUT2D eigenvalue weighted by Gasteiger charge is -2.21. The zero-order valence-corrected chi connectivity index (χ0v) is 17.4. The van der Waals surface area contributed by atoms with Crippen molar-refractivity contribution < 1.29 is 13.2 Å². The molecule has 0 spiro atoms. The van der Waals surface area contributed by atoms with Crippen LogP contribution in [0.4, 0.5) is 5.69 Å². The summed E-state index contributed by atoms with van der Waals surface area (Å²) >= 11 is 0. The zero-order chi connectivity index (χ0) is 20.2. The predicted octanol–water partition coefficient (Wildman–Crippen LogP) is 4.09. The number of aryl methyl sites for hydroxylation is 2. The molecule has 1 N–H and O–H groups in total. The maximum atomic E-state index is 12.8. The normalized spacial score (nSPS) is 11.8. The van der Waals surface area contributed by atoms with Crippen molar-refractivity contribution in [2.45, 2.75) is 51.5 Å². The molecule has 6 heteroatoms. The number of carbonyl (C=O) groups is 1. The Morgan fingerprint density at radius 2 is 1.59 bits per heavy atom. The molecule has 0 aliphatic heterocycles. The van der Waals surface area contributed by atoms with Gasteiger partial charge < -0.3 is 5.32 Å². The van der Waals surface area contributed by atoms with Crippen molar-refractivity contribution in [1.82, 2.24) is 4.31 Å². The number of sulfonamides is 1. The van der Waals surface area contributed by atoms with Gasteiger partial charge in [-0.1, -0.05) is 38.1 Å². The Labute approximate surface area is 162 Å². The van der Waals surface area contributed by atoms with Gasteiger partial charge in [0.2, 0.25) is 10.0 Å². The standard InChI is InChI=1S/C21H28N2O3S/c1-6-16-10-8-11-17(7-2)20(16)22-21(24)18-12-9-13-19(14-18)27(25,26)23(5)15(3)4/h8-15H,6-7H2,1-5H3,(H,22,24). The lowest BCUT2D eigenvalue weighted by Crippen LogP contribution is -2.33. The molecule has 0 unspecified atom stereocenters. The maximum absolute atomic E-state index is 12.8. The summed E-state index contributed by atoms with van der Waals surface area (Å²) in [4.78, 5) is 12.9. The Kier molecular flexibility index (Phi) is 6.78. The third kappa shape index (κ3) is 4.57. The summed E-state index contributed by atoms with van der Waals surface area (Å²) < 4.78 is 26.7. The number of benzene rings is 2. The molecule has 146 valence electrons. The highest BCUT2D eigenvalue weighted by Crippen LogP contribution is 2.24. The fourth-order valence-electron chi connectivity index (χ4n) is 2.83. The van der Waals surface area contributed by atoms with Gasteiger partial charge in [-0.15, -0.1) is 0 Å². The van der Waals surface area contributed by atoms with Crippen molar-refractivity contribution in [3.05, 3.63) is 59.2 Å². The molecule has 0 bridgehead atoms. The van der Waals surface area contributed by atoms with Crippen LogP contribution in [0.3, 0.4) is 0 Å². The van der Waals surface area contributed by atoms with E-state index < -0.39 is 10.0 Å². The first-order valence-electron chi connectivity index (χ1n) is 9.22. The van der Waals surface area contributed by atoms with Crippen LogP contribution in [0.15, 0.2) is 47.4 Å². The molecule has 2 rings (SSSR count). The average Bonchev–Trinajstić information content (AvgIpc) is 2.67. The lowest BCUT2D eigenvalue weighted by atomic mass is 10.0. The molecule has 0 heterocycles. The highest BCUT2D eigenvalue weighted by molar-refractivity contribution is 7.89. The van der Waals surface area contributed by atoms with E-state index in [2.05, 4.69) is 5.32 Å². The van der Waals surface area contributed by atoms with Gasteiger partial charge >= 0.3 is 0 Å². The summed E-state index contributed by atoms with van der Waals surface area (Å²) in [6.45, 7) is 7.70. The predicted molar refractivity (Wildman–Crippen MR) is 110 cm³/mol. The topological polar surface area (TPSA) is 66.5 Å². The molecule has 0 saturated carbocycles. The van der Waals surface area contributed by atoms with Crippen LogP contribution in [0, 0.1) is 0 Å². The SMILES string of the molecule is CCc1cccc(CC)c1NC(=O)c1cccc(S(=O)(=O)N(C)C(C)C)c1. The van der Waals surface area contributed by atoms with E-state index in [0.29, 0.717) is 5.56 Å². The van der Waals surface area contributed by atoms with Gasteiger partial charge in [0.15, 0.2) is 0 Å². The molecule has 0 fully saturated rings. The van der Waals surface area contributed by atoms with Crippen molar-refractivity contribution in [2.75, 3.05) is 12.4 Å². The van der Waals surface area contributed by atoms with Crippen LogP contribution in [-0.4, -0.2) is 31.7 Å². The second-order valence-corrected chi connectivity index (χ2v) is 8.75. The van der Waals surface area contributed by atoms with Crippen LogP contribution in [0.1, 0.15) is 49.2 Å². The summed E-state index contributed by atoms with van der Waals surface area (Å²) in [5, 5.41) is 2.98. The number of hydrogen-bond acceptors (Lipinski definition) is 3. The van der Waals surface area contributed by atoms with Crippen molar-refractivity contribution >= 4 is 21.6 Å². The van der Waals surface area contributed by atoms with Gasteiger partial charge in [0.25, 0.3) is 5.91 Å². The Hall–Kier alpha value is -2.18. The van der Waals surface area contributed by atoms with Crippen molar-refractivity contribution in [3.8, 4) is 0 Å². The fourth-order valence-corrected chi connectivity index (χ4v) is 4.24. The van der Waals surface area contributed by atoms with Crippen LogP contribution in [-0.2, 0) is 22.9 Å². The highest BCUT2D eigenvalue weighted by Gasteiger charge is 2.24. The van der Waals surface area contributed by atoms with Crippen LogP contribution < -0.4 is 5.32 Å². The lowest BCUT2D eigenvalue weighted by molar-refractivity contribution is 0.102. The van der Waals surface area contributed by atoms with E-state index >= 15 is 0 Å². The second kappa shape index (κ2) is 8.67. The summed E-state index contributed by atoms with van der Waals surface area (Å²) in [5.41, 5.74) is 3.26. The number of nitrogens with zero attached hydrogens (tertiary/aromatic N) is 1. The minimum absolute atomic E-state index is 0.117. The maximum Gasteiger partial charge on any atom is 0.255 e. The van der Waals surface area contributed by atoms with Gasteiger partial charge in [-0.3, -0.25) is 4.79 Å². The largest absolute Gasteiger partial charge is 0.321 e. The number of para-hydroxylation sites is 1. The van der Waals surface area contributed by atoms with E-state index in [0.717, 1.165) is 29.7 Å². The minimum atomic E-state index is -3.64. The first-order chi connectivity index (χ1) is 12.7. The summed E-state index contributed by atoms with van der Waals surface area (Å²) in [5.74, 6) is -0.310. The third-order valence-electron chi connectivity index (χ3n) is 4.74. The van der Waals surface area contributed by atoms with Gasteiger partial charge in [-0.25, -0.2) is 8.42 Å². The fraction of sp³-hybridized carbons (Fsp3) is 0.381. The summed E-state index contributed by atoms with van der Waals surface area (Å²) in [7, 11) is -2.10. The molecule has 0 saturated heterocycles. The second-order valence-electron chi connectivity index (χ2n) is 6.76. The molecule has 27 heavy (non-hydrogen) atoms. The third-order valence-corrected chi connectivity index (χ3v) is 6.77. The smallest absolute Gasteiger partial charge is 0.255 e. The van der Waals surface area contributed by atoms with E-state index in [-0.39, 0.29) is 16.8 Å². The highest BCUT2D eigenvalue weighted by atomic mass is 32.2. The van der Waals surface area contributed by atoms with E-state index in [1.807, 2.05) is 45.9 Å². The number of carbonyl (C=O) groups excluding carboxylic acids is 1. The zero-order valence-electron chi connectivity index (χ0n) is 16.6. The monoisotopic (exact) mass is 388 g/mol. The Balaban J connectivity index is 2.37. The van der Waals surface area contributed by atoms with Gasteiger partial charge in [0, 0.05) is 24.3 Å². The number of rotatable bonds is 7. The quantitative estimate of drug-likeness (QED) is 0.777. The van der Waals surface area contributed by atoms with Crippen LogP contribution in [0.5, 0.6) is 0 Å². The molecule has 1 amide bonds. The molecular weight excluding hydrogens is 360 g/mol. The molecule has 0 aliphatic rings. The van der Waals surface area contributed by atoms with Crippen LogP contribution in [0.2, 0.25) is 0 Å². The Morgan fingerprint density at radius 3 is 2.11 bits per heavy atom. The molecule has 2 aromatic carbocycles. The van der Waals surface area contributed by atoms with Gasteiger partial charge in [-0.05, 0) is 56.0 Å². The van der Waals surface area contributed by atoms with Gasteiger partial charge in [0.05, 0.1) is 4.90 Å². The van der Waals surface area contributed by atoms with Crippen molar-refractivity contribution in [1.29, 1.82) is 0 Å². The molecule has 2 aromatic rings. The average molecular weight is 389 g/mol. The Morgan fingerprint density at radius 1 is 1.04 bits per heavy atom. The van der Waals surface area contributed by atoms with E-state index in [4.69, 9.17) is 0 Å². The van der Waals surface area contributed by atoms with Gasteiger partial charge in [0.1, 0.15) is 0 Å². The van der Waals surface area contributed by atoms with E-state index in [9.17, 15) is 13.2 Å².